The quantitative estimate of drug-likeness (QED) is 0.439. The number of nitrogens with zero attached hydrogens (tertiary/aromatic N) is 3. The van der Waals surface area contributed by atoms with Crippen molar-refractivity contribution in [1.82, 2.24) is 10.2 Å². The summed E-state index contributed by atoms with van der Waals surface area (Å²) in [5.41, 5.74) is 4.14. The molecule has 26 heavy (non-hydrogen) atoms. The number of guanidine groups is 1. The number of hydrogen-bond acceptors (Lipinski definition) is 3. The monoisotopic (exact) mass is 360 g/mol. The van der Waals surface area contributed by atoms with Crippen molar-refractivity contribution in [2.24, 2.45) is 4.99 Å². The highest BCUT2D eigenvalue weighted by atomic mass is 16.5. The van der Waals surface area contributed by atoms with Crippen LogP contribution in [0, 0.1) is 13.8 Å². The first-order valence-electron chi connectivity index (χ1n) is 10.1. The number of ether oxygens (including phenoxy) is 1. The molecule has 1 aromatic rings. The van der Waals surface area contributed by atoms with Gasteiger partial charge < -0.3 is 19.9 Å². The van der Waals surface area contributed by atoms with Crippen LogP contribution in [0.5, 0.6) is 0 Å². The van der Waals surface area contributed by atoms with E-state index >= 15 is 0 Å². The Labute approximate surface area is 159 Å². The van der Waals surface area contributed by atoms with Crippen LogP contribution in [0.25, 0.3) is 0 Å². The van der Waals surface area contributed by atoms with E-state index in [1.54, 1.807) is 0 Å². The zero-order valence-corrected chi connectivity index (χ0v) is 17.1. The largest absolute Gasteiger partial charge is 0.382 e. The summed E-state index contributed by atoms with van der Waals surface area (Å²) >= 11 is 0. The second kappa shape index (κ2) is 11.1. The lowest BCUT2D eigenvalue weighted by Gasteiger charge is -2.38. The van der Waals surface area contributed by atoms with Crippen LogP contribution in [0.3, 0.4) is 0 Å². The van der Waals surface area contributed by atoms with Crippen molar-refractivity contribution in [2.45, 2.75) is 40.5 Å². The topological polar surface area (TPSA) is 40.1 Å². The van der Waals surface area contributed by atoms with Crippen LogP contribution in [0.1, 0.15) is 37.8 Å². The maximum Gasteiger partial charge on any atom is 0.194 e. The second-order valence-electron chi connectivity index (χ2n) is 6.83. The van der Waals surface area contributed by atoms with Gasteiger partial charge in [0.2, 0.25) is 0 Å². The Morgan fingerprint density at radius 1 is 1.12 bits per heavy atom. The maximum absolute atomic E-state index is 5.40. The fourth-order valence-corrected chi connectivity index (χ4v) is 3.31. The molecule has 0 bridgehead atoms. The molecular weight excluding hydrogens is 324 g/mol. The lowest BCUT2D eigenvalue weighted by Crippen LogP contribution is -2.52. The Bertz CT molecular complexity index is 565. The summed E-state index contributed by atoms with van der Waals surface area (Å²) < 4.78 is 5.40. The normalized spacial score (nSPS) is 15.5. The van der Waals surface area contributed by atoms with E-state index in [1.165, 1.54) is 16.8 Å². The molecule has 0 saturated carbocycles. The number of nitrogens with one attached hydrogen (secondary N) is 1. The van der Waals surface area contributed by atoms with Crippen molar-refractivity contribution < 1.29 is 4.74 Å². The Morgan fingerprint density at radius 3 is 2.58 bits per heavy atom. The van der Waals surface area contributed by atoms with Crippen molar-refractivity contribution in [3.05, 3.63) is 29.3 Å². The third-order valence-electron chi connectivity index (χ3n) is 4.99. The summed E-state index contributed by atoms with van der Waals surface area (Å²) in [6, 6.07) is 6.60. The van der Waals surface area contributed by atoms with Crippen LogP contribution in [0.15, 0.2) is 23.2 Å². The maximum atomic E-state index is 5.40. The zero-order chi connectivity index (χ0) is 18.8. The average molecular weight is 361 g/mol. The molecule has 0 radical (unpaired) electrons. The first-order valence-corrected chi connectivity index (χ1v) is 10.1. The lowest BCUT2D eigenvalue weighted by molar-refractivity contribution is 0.144. The Hall–Kier alpha value is -1.75. The molecule has 5 nitrogen and oxygen atoms in total. The van der Waals surface area contributed by atoms with Gasteiger partial charge in [0.25, 0.3) is 0 Å². The van der Waals surface area contributed by atoms with Crippen molar-refractivity contribution in [2.75, 3.05) is 57.4 Å². The molecule has 1 fully saturated rings. The minimum atomic E-state index is 0.802. The molecule has 1 aliphatic heterocycles. The van der Waals surface area contributed by atoms with E-state index in [4.69, 9.17) is 9.73 Å². The molecular formula is C21H36N4O. The summed E-state index contributed by atoms with van der Waals surface area (Å²) in [6.07, 6.45) is 2.16. The van der Waals surface area contributed by atoms with Gasteiger partial charge in [0.05, 0.1) is 0 Å². The third kappa shape index (κ3) is 5.90. The van der Waals surface area contributed by atoms with Crippen molar-refractivity contribution in [3.63, 3.8) is 0 Å². The Balaban J connectivity index is 1.87. The van der Waals surface area contributed by atoms with Gasteiger partial charge in [0.15, 0.2) is 5.96 Å². The molecule has 2 rings (SSSR count). The van der Waals surface area contributed by atoms with Gasteiger partial charge in [-0.1, -0.05) is 12.1 Å². The number of hydrogen-bond donors (Lipinski definition) is 1. The number of aryl methyl sites for hydroxylation is 1. The summed E-state index contributed by atoms with van der Waals surface area (Å²) in [7, 11) is 0. The van der Waals surface area contributed by atoms with E-state index in [0.717, 1.165) is 71.3 Å². The molecule has 1 aromatic carbocycles. The average Bonchev–Trinajstić information content (AvgIpc) is 2.66. The van der Waals surface area contributed by atoms with Gasteiger partial charge in [0, 0.05) is 58.2 Å². The molecule has 1 saturated heterocycles. The van der Waals surface area contributed by atoms with Crippen molar-refractivity contribution in [1.29, 1.82) is 0 Å². The molecule has 146 valence electrons. The SMILES string of the molecule is CCNC(=NCCCCOCC)N1CCN(c2cccc(C)c2C)CC1. The van der Waals surface area contributed by atoms with Crippen LogP contribution in [0.4, 0.5) is 5.69 Å². The van der Waals surface area contributed by atoms with E-state index in [1.807, 2.05) is 6.92 Å². The van der Waals surface area contributed by atoms with Gasteiger partial charge in [-0.15, -0.1) is 0 Å². The summed E-state index contributed by atoms with van der Waals surface area (Å²) in [5.74, 6) is 1.06. The summed E-state index contributed by atoms with van der Waals surface area (Å²) in [6.45, 7) is 16.1. The Kier molecular flexibility index (Phi) is 8.75. The molecule has 0 amide bonds. The van der Waals surface area contributed by atoms with Gasteiger partial charge in [-0.25, -0.2) is 0 Å². The van der Waals surface area contributed by atoms with Gasteiger partial charge in [-0.3, -0.25) is 4.99 Å². The smallest absolute Gasteiger partial charge is 0.194 e. The summed E-state index contributed by atoms with van der Waals surface area (Å²) in [5, 5.41) is 3.46. The van der Waals surface area contributed by atoms with Gasteiger partial charge >= 0.3 is 0 Å². The van der Waals surface area contributed by atoms with Crippen LogP contribution in [0.2, 0.25) is 0 Å². The predicted molar refractivity (Wildman–Crippen MR) is 111 cm³/mol. The fourth-order valence-electron chi connectivity index (χ4n) is 3.31. The highest BCUT2D eigenvalue weighted by molar-refractivity contribution is 5.80. The minimum absolute atomic E-state index is 0.802. The first kappa shape index (κ1) is 20.6. The highest BCUT2D eigenvalue weighted by Gasteiger charge is 2.20. The first-order chi connectivity index (χ1) is 12.7. The molecule has 1 aliphatic rings. The Morgan fingerprint density at radius 2 is 1.88 bits per heavy atom. The number of anilines is 1. The van der Waals surface area contributed by atoms with E-state index in [0.29, 0.717) is 0 Å². The number of rotatable bonds is 8. The van der Waals surface area contributed by atoms with E-state index < -0.39 is 0 Å². The van der Waals surface area contributed by atoms with Crippen molar-refractivity contribution in [3.8, 4) is 0 Å². The number of benzene rings is 1. The van der Waals surface area contributed by atoms with Gasteiger partial charge in [-0.2, -0.15) is 0 Å². The number of aliphatic imine (C=N–C) groups is 1. The molecule has 0 aromatic heterocycles. The van der Waals surface area contributed by atoms with Crippen LogP contribution in [-0.4, -0.2) is 63.3 Å². The third-order valence-corrected chi connectivity index (χ3v) is 4.99. The molecule has 0 atom stereocenters. The van der Waals surface area contributed by atoms with E-state index in [-0.39, 0.29) is 0 Å². The molecule has 0 aliphatic carbocycles. The molecule has 5 heteroatoms. The standard InChI is InChI=1S/C21H36N4O/c1-5-22-21(23-12-7-8-17-26-6-2)25-15-13-24(14-16-25)20-11-9-10-18(3)19(20)4/h9-11H,5-8,12-17H2,1-4H3,(H,22,23). The van der Waals surface area contributed by atoms with Crippen LogP contribution in [-0.2, 0) is 4.74 Å². The van der Waals surface area contributed by atoms with E-state index in [2.05, 4.69) is 54.1 Å². The van der Waals surface area contributed by atoms with Gasteiger partial charge in [0.1, 0.15) is 0 Å². The summed E-state index contributed by atoms with van der Waals surface area (Å²) in [4.78, 5) is 9.72. The molecule has 0 spiro atoms. The second-order valence-corrected chi connectivity index (χ2v) is 6.83. The fraction of sp³-hybridized carbons (Fsp3) is 0.667. The molecule has 0 unspecified atom stereocenters. The van der Waals surface area contributed by atoms with Gasteiger partial charge in [-0.05, 0) is 57.7 Å². The van der Waals surface area contributed by atoms with Crippen LogP contribution >= 0.6 is 0 Å². The number of unbranched alkanes of at least 4 members (excludes halogenated alkanes) is 1. The number of piperazine rings is 1. The van der Waals surface area contributed by atoms with Crippen LogP contribution < -0.4 is 10.2 Å². The zero-order valence-electron chi connectivity index (χ0n) is 17.1. The minimum Gasteiger partial charge on any atom is -0.382 e. The molecule has 1 heterocycles. The molecule has 1 N–H and O–H groups in total. The highest BCUT2D eigenvalue weighted by Crippen LogP contribution is 2.23. The predicted octanol–water partition coefficient (Wildman–Crippen LogP) is 3.21. The van der Waals surface area contributed by atoms with E-state index in [9.17, 15) is 0 Å². The van der Waals surface area contributed by atoms with Crippen molar-refractivity contribution >= 4 is 11.6 Å². The lowest BCUT2D eigenvalue weighted by atomic mass is 10.1.